The molecule has 45 heavy (non-hydrogen) atoms. The number of hydrogen-bond donors (Lipinski definition) is 0. The minimum atomic E-state index is -2.01. The van der Waals surface area contributed by atoms with Crippen LogP contribution < -0.4 is 14.7 Å². The number of para-hydroxylation sites is 2. The molecule has 0 aromatic heterocycles. The molecular formula is C37H44Cl2FN3ORu. The predicted octanol–water partition coefficient (Wildman–Crippen LogP) is 9.39. The maximum atomic E-state index is 13.5. The molecule has 1 aliphatic rings. The summed E-state index contributed by atoms with van der Waals surface area (Å²) in [6, 6.07) is 21.7. The number of nitrogens with zero attached hydrogens (tertiary/aromatic N) is 3. The molecule has 8 heteroatoms. The van der Waals surface area contributed by atoms with E-state index in [4.69, 9.17) is 19.4 Å². The van der Waals surface area contributed by atoms with Gasteiger partial charge in [-0.15, -0.1) is 0 Å². The van der Waals surface area contributed by atoms with Crippen molar-refractivity contribution in [1.29, 1.82) is 0 Å². The third-order valence-corrected chi connectivity index (χ3v) is 9.77. The smallest absolute Gasteiger partial charge is 0.0146 e. The van der Waals surface area contributed by atoms with Crippen molar-refractivity contribution < 1.29 is 22.6 Å². The van der Waals surface area contributed by atoms with Gasteiger partial charge in [0.2, 0.25) is 0 Å². The molecule has 0 aliphatic carbocycles. The molecule has 0 bridgehead atoms. The Balaban J connectivity index is 0.000000205. The van der Waals surface area contributed by atoms with Crippen molar-refractivity contribution in [3.8, 4) is 5.75 Å². The van der Waals surface area contributed by atoms with E-state index in [0.29, 0.717) is 6.54 Å². The maximum Gasteiger partial charge on any atom is 0.0146 e. The summed E-state index contributed by atoms with van der Waals surface area (Å²) < 4.78 is 19.5. The molecule has 4 aromatic carbocycles. The molecule has 0 amide bonds. The zero-order chi connectivity index (χ0) is 32.8. The van der Waals surface area contributed by atoms with Gasteiger partial charge in [-0.3, -0.25) is 0 Å². The molecule has 4 aromatic rings. The van der Waals surface area contributed by atoms with Crippen LogP contribution in [0, 0.1) is 54.0 Å². The van der Waals surface area contributed by atoms with E-state index in [0.717, 1.165) is 35.7 Å². The van der Waals surface area contributed by atoms with E-state index in [9.17, 15) is 4.39 Å². The molecule has 1 heterocycles. The van der Waals surface area contributed by atoms with Crippen LogP contribution in [0.1, 0.15) is 44.5 Å². The van der Waals surface area contributed by atoms with Crippen LogP contribution >= 0.6 is 19.4 Å². The first-order chi connectivity index (χ1) is 21.4. The second-order valence-corrected chi connectivity index (χ2v) is 17.4. The summed E-state index contributed by atoms with van der Waals surface area (Å²) in [5, 5.41) is 0. The Morgan fingerprint density at radius 1 is 0.822 bits per heavy atom. The third kappa shape index (κ3) is 8.88. The molecule has 0 unspecified atom stereocenters. The van der Waals surface area contributed by atoms with Crippen LogP contribution in [-0.2, 0) is 20.1 Å². The molecule has 242 valence electrons. The van der Waals surface area contributed by atoms with Gasteiger partial charge in [0.25, 0.3) is 0 Å². The molecule has 0 spiro atoms. The molecule has 5 rings (SSSR count). The average Bonchev–Trinajstić information content (AvgIpc) is 3.42. The zero-order valence-corrected chi connectivity index (χ0v) is 30.7. The first-order valence-electron chi connectivity index (χ1n) is 14.9. The first-order valence-corrected chi connectivity index (χ1v) is 20.4. The summed E-state index contributed by atoms with van der Waals surface area (Å²) in [4.78, 5) is 6.89. The van der Waals surface area contributed by atoms with Crippen LogP contribution in [0.25, 0.3) is 0 Å². The van der Waals surface area contributed by atoms with E-state index < -0.39 is 13.5 Å². The van der Waals surface area contributed by atoms with E-state index in [1.165, 1.54) is 56.9 Å². The van der Waals surface area contributed by atoms with Gasteiger partial charge in [0.15, 0.2) is 0 Å². The van der Waals surface area contributed by atoms with E-state index in [1.54, 1.807) is 17.8 Å². The average molecular weight is 738 g/mol. The number of aliphatic hydroxyl groups is 1. The summed E-state index contributed by atoms with van der Waals surface area (Å²) in [5.41, 5.74) is 13.6. The van der Waals surface area contributed by atoms with Crippen molar-refractivity contribution in [3.63, 3.8) is 0 Å². The minimum Gasteiger partial charge on any atom is -0.502 e. The van der Waals surface area contributed by atoms with E-state index in [-0.39, 0.29) is 5.82 Å². The Morgan fingerprint density at radius 2 is 1.33 bits per heavy atom. The van der Waals surface area contributed by atoms with Gasteiger partial charge >= 0.3 is 143 Å². The van der Waals surface area contributed by atoms with Crippen LogP contribution in [0.15, 0.2) is 66.7 Å². The van der Waals surface area contributed by atoms with Gasteiger partial charge in [0.1, 0.15) is 0 Å². The van der Waals surface area contributed by atoms with Crippen LogP contribution in [0.4, 0.5) is 21.5 Å². The molecule has 0 radical (unpaired) electrons. The van der Waals surface area contributed by atoms with Crippen LogP contribution in [0.5, 0.6) is 5.75 Å². The van der Waals surface area contributed by atoms with Crippen molar-refractivity contribution in [2.24, 2.45) is 0 Å². The SMILES string of the molecule is C[OH+]c1ccccc1N(C)Cc1ccc(F)cc1[CH]=[Ru]([Cl])[Cl].Cc1cc(C)c(N2[CH-]N(c3c(C)cc(C)cc3C)CC2)c(C)c1. The number of benzene rings is 4. The molecule has 0 saturated carbocycles. The van der Waals surface area contributed by atoms with Gasteiger partial charge in [-0.05, 0) is 63.8 Å². The minimum absolute atomic E-state index is 0.287. The summed E-state index contributed by atoms with van der Waals surface area (Å²) >= 11 is -2.01. The molecule has 1 N–H and O–H groups in total. The van der Waals surface area contributed by atoms with Gasteiger partial charge < -0.3 is 9.80 Å². The number of aryl methyl sites for hydroxylation is 6. The standard InChI is InChI=1S/C21H27N2.C16H16FNO.2ClH.Ru/c1-14-9-16(3)20(17(4)10-14)22-7-8-23(13-22)21-18(5)11-15(2)12-19(21)6;1-12-10-14(17)9-8-13(12)11-18(2)15-6-4-5-7-16(15)19-3;;;/h9-13H,7-8H2,1-6H3;1,4-10H,11H2,2-3H3;2*1H;/q-1;;;;+2/p-1. The fourth-order valence-corrected chi connectivity index (χ4v) is 8.15. The fourth-order valence-electron chi connectivity index (χ4n) is 6.29. The second-order valence-electron chi connectivity index (χ2n) is 11.7. The zero-order valence-electron chi connectivity index (χ0n) is 27.4. The quantitative estimate of drug-likeness (QED) is 0.107. The predicted molar refractivity (Wildman–Crippen MR) is 190 cm³/mol. The monoisotopic (exact) mass is 737 g/mol. The van der Waals surface area contributed by atoms with Crippen molar-refractivity contribution in [3.05, 3.63) is 124 Å². The summed E-state index contributed by atoms with van der Waals surface area (Å²) in [7, 11) is 15.6. The molecule has 1 aliphatic heterocycles. The van der Waals surface area contributed by atoms with E-state index >= 15 is 0 Å². The number of halogens is 3. The van der Waals surface area contributed by atoms with Gasteiger partial charge in [-0.1, -0.05) is 35.4 Å². The van der Waals surface area contributed by atoms with Crippen LogP contribution in [0.3, 0.4) is 0 Å². The van der Waals surface area contributed by atoms with E-state index in [1.807, 2.05) is 31.3 Å². The summed E-state index contributed by atoms with van der Waals surface area (Å²) in [5.74, 6) is 0.630. The second kappa shape index (κ2) is 15.6. The van der Waals surface area contributed by atoms with Crippen molar-refractivity contribution >= 4 is 41.1 Å². The molecule has 1 saturated heterocycles. The Labute approximate surface area is 281 Å². The molecular weight excluding hydrogens is 693 g/mol. The Hall–Kier alpha value is -2.92. The number of aromatic hydroxyl groups is 1. The number of ether oxygens (including phenoxy) is 1. The van der Waals surface area contributed by atoms with Crippen LogP contribution in [0.2, 0.25) is 0 Å². The molecule has 0 atom stereocenters. The van der Waals surface area contributed by atoms with Gasteiger partial charge in [0.05, 0.1) is 0 Å². The first kappa shape index (κ1) is 34.9. The Kier molecular flexibility index (Phi) is 12.1. The largest absolute Gasteiger partial charge is 0.502 e. The van der Waals surface area contributed by atoms with Crippen molar-refractivity contribution in [2.75, 3.05) is 41.9 Å². The normalized spacial score (nSPS) is 12.9. The van der Waals surface area contributed by atoms with Crippen molar-refractivity contribution in [2.45, 2.75) is 48.1 Å². The van der Waals surface area contributed by atoms with Gasteiger partial charge in [-0.25, -0.2) is 0 Å². The molecule has 1 fully saturated rings. The van der Waals surface area contributed by atoms with Gasteiger partial charge in [-0.2, -0.15) is 6.67 Å². The Morgan fingerprint density at radius 3 is 1.82 bits per heavy atom. The Bertz CT molecular complexity index is 1580. The van der Waals surface area contributed by atoms with Crippen molar-refractivity contribution in [1.82, 2.24) is 0 Å². The molecule has 4 nitrogen and oxygen atoms in total. The maximum absolute atomic E-state index is 13.5. The summed E-state index contributed by atoms with van der Waals surface area (Å²) in [6.45, 7) is 18.2. The number of rotatable bonds is 7. The van der Waals surface area contributed by atoms with E-state index in [2.05, 4.69) is 91.9 Å². The summed E-state index contributed by atoms with van der Waals surface area (Å²) in [6.07, 6.45) is 0. The van der Waals surface area contributed by atoms with Crippen LogP contribution in [-0.4, -0.2) is 36.6 Å². The number of hydrogen-bond acceptors (Lipinski definition) is 3. The fraction of sp³-hybridized carbons (Fsp3) is 0.297. The number of anilines is 3. The third-order valence-electron chi connectivity index (χ3n) is 7.94. The topological polar surface area (TPSA) is 22.5 Å². The van der Waals surface area contributed by atoms with Gasteiger partial charge in [0, 0.05) is 24.5 Å².